The maximum atomic E-state index is 11.1. The van der Waals surface area contributed by atoms with Gasteiger partial charge in [0.05, 0.1) is 19.3 Å². The lowest BCUT2D eigenvalue weighted by molar-refractivity contribution is -0.137. The molecule has 0 saturated carbocycles. The van der Waals surface area contributed by atoms with Crippen LogP contribution in [0.4, 0.5) is 0 Å². The Morgan fingerprint density at radius 3 is 2.41 bits per heavy atom. The monoisotopic (exact) mass is 238 g/mol. The highest BCUT2D eigenvalue weighted by molar-refractivity contribution is 5.89. The van der Waals surface area contributed by atoms with Crippen molar-refractivity contribution in [3.8, 4) is 5.75 Å². The Morgan fingerprint density at radius 1 is 1.24 bits per heavy atom. The van der Waals surface area contributed by atoms with E-state index in [1.54, 1.807) is 24.3 Å². The molecule has 0 aliphatic rings. The molecule has 17 heavy (non-hydrogen) atoms. The Labute approximate surface area is 99.0 Å². The molecule has 0 aliphatic heterocycles. The van der Waals surface area contributed by atoms with Crippen molar-refractivity contribution in [2.24, 2.45) is 0 Å². The summed E-state index contributed by atoms with van der Waals surface area (Å²) in [5.74, 6) is -0.639. The number of ether oxygens (including phenoxy) is 2. The molecule has 1 N–H and O–H groups in total. The number of benzene rings is 1. The second-order valence-electron chi connectivity index (χ2n) is 3.36. The van der Waals surface area contributed by atoms with Gasteiger partial charge in [0.25, 0.3) is 0 Å². The van der Waals surface area contributed by atoms with E-state index >= 15 is 0 Å². The van der Waals surface area contributed by atoms with Gasteiger partial charge in [-0.2, -0.15) is 0 Å². The van der Waals surface area contributed by atoms with Crippen LogP contribution < -0.4 is 4.74 Å². The molecule has 0 aromatic heterocycles. The molecule has 0 aliphatic carbocycles. The summed E-state index contributed by atoms with van der Waals surface area (Å²) in [6, 6.07) is 6.48. The minimum Gasteiger partial charge on any atom is -0.494 e. The van der Waals surface area contributed by atoms with E-state index in [-0.39, 0.29) is 6.42 Å². The summed E-state index contributed by atoms with van der Waals surface area (Å²) in [5, 5.41) is 8.43. The summed E-state index contributed by atoms with van der Waals surface area (Å²) >= 11 is 0. The lowest BCUT2D eigenvalue weighted by Gasteiger charge is -2.05. The summed E-state index contributed by atoms with van der Waals surface area (Å²) in [4.78, 5) is 21.4. The number of esters is 1. The number of hydrogen-bond donors (Lipinski definition) is 1. The molecule has 5 heteroatoms. The van der Waals surface area contributed by atoms with Crippen molar-refractivity contribution < 1.29 is 24.2 Å². The van der Waals surface area contributed by atoms with Crippen molar-refractivity contribution in [3.05, 3.63) is 29.8 Å². The van der Waals surface area contributed by atoms with Crippen molar-refractivity contribution >= 4 is 11.9 Å². The first-order chi connectivity index (χ1) is 8.13. The maximum absolute atomic E-state index is 11.1. The molecular formula is C12H14O5. The molecule has 0 amide bonds. The average Bonchev–Trinajstić information content (AvgIpc) is 2.34. The van der Waals surface area contributed by atoms with Gasteiger partial charge in [0, 0.05) is 6.42 Å². The van der Waals surface area contributed by atoms with Crippen LogP contribution in [0, 0.1) is 0 Å². The summed E-state index contributed by atoms with van der Waals surface area (Å²) in [6.07, 6.45) is 0.536. The van der Waals surface area contributed by atoms with E-state index in [0.29, 0.717) is 24.3 Å². The topological polar surface area (TPSA) is 72.8 Å². The van der Waals surface area contributed by atoms with Crippen molar-refractivity contribution in [3.63, 3.8) is 0 Å². The predicted octanol–water partition coefficient (Wildman–Crippen LogP) is 1.72. The summed E-state index contributed by atoms with van der Waals surface area (Å²) in [6.45, 7) is 0.337. The van der Waals surface area contributed by atoms with E-state index < -0.39 is 11.9 Å². The van der Waals surface area contributed by atoms with E-state index in [1.807, 2.05) is 0 Å². The number of rotatable bonds is 6. The average molecular weight is 238 g/mol. The van der Waals surface area contributed by atoms with Crippen LogP contribution in [0.2, 0.25) is 0 Å². The first-order valence-corrected chi connectivity index (χ1v) is 5.16. The fourth-order valence-corrected chi connectivity index (χ4v) is 1.22. The highest BCUT2D eigenvalue weighted by Gasteiger charge is 2.04. The minimum absolute atomic E-state index is 0.0836. The first-order valence-electron chi connectivity index (χ1n) is 5.16. The zero-order valence-electron chi connectivity index (χ0n) is 9.51. The van der Waals surface area contributed by atoms with Crippen LogP contribution in [-0.4, -0.2) is 30.8 Å². The number of carbonyl (C=O) groups excluding carboxylic acids is 1. The Hall–Kier alpha value is -2.04. The van der Waals surface area contributed by atoms with Crippen molar-refractivity contribution in [2.75, 3.05) is 13.7 Å². The summed E-state index contributed by atoms with van der Waals surface area (Å²) < 4.78 is 9.87. The van der Waals surface area contributed by atoms with Crippen LogP contribution in [-0.2, 0) is 9.53 Å². The van der Waals surface area contributed by atoms with Gasteiger partial charge < -0.3 is 14.6 Å². The van der Waals surface area contributed by atoms with E-state index in [2.05, 4.69) is 4.74 Å². The molecular weight excluding hydrogens is 224 g/mol. The molecule has 0 fully saturated rings. The molecule has 1 rings (SSSR count). The van der Waals surface area contributed by atoms with Gasteiger partial charge in [-0.05, 0) is 30.7 Å². The van der Waals surface area contributed by atoms with Gasteiger partial charge >= 0.3 is 11.9 Å². The molecule has 5 nitrogen and oxygen atoms in total. The third-order valence-electron chi connectivity index (χ3n) is 2.08. The van der Waals surface area contributed by atoms with E-state index in [0.717, 1.165) is 0 Å². The number of carboxylic acids is 1. The summed E-state index contributed by atoms with van der Waals surface area (Å²) in [5.41, 5.74) is 0.449. The van der Waals surface area contributed by atoms with Gasteiger partial charge in [-0.3, -0.25) is 4.79 Å². The Balaban J connectivity index is 2.40. The molecule has 0 heterocycles. The van der Waals surface area contributed by atoms with Crippen LogP contribution in [0.3, 0.4) is 0 Å². The molecule has 0 atom stereocenters. The fourth-order valence-electron chi connectivity index (χ4n) is 1.22. The lowest BCUT2D eigenvalue weighted by atomic mass is 10.2. The maximum Gasteiger partial charge on any atom is 0.337 e. The lowest BCUT2D eigenvalue weighted by Crippen LogP contribution is -2.03. The van der Waals surface area contributed by atoms with Crippen LogP contribution >= 0.6 is 0 Å². The normalized spacial score (nSPS) is 9.71. The van der Waals surface area contributed by atoms with Gasteiger partial charge in [0.15, 0.2) is 0 Å². The Bertz CT molecular complexity index is 382. The predicted molar refractivity (Wildman–Crippen MR) is 60.1 cm³/mol. The van der Waals surface area contributed by atoms with E-state index in [1.165, 1.54) is 7.11 Å². The number of hydrogen-bond acceptors (Lipinski definition) is 4. The smallest absolute Gasteiger partial charge is 0.337 e. The van der Waals surface area contributed by atoms with Crippen LogP contribution in [0.1, 0.15) is 23.2 Å². The van der Waals surface area contributed by atoms with Crippen molar-refractivity contribution in [2.45, 2.75) is 12.8 Å². The van der Waals surface area contributed by atoms with Gasteiger partial charge in [-0.25, -0.2) is 4.79 Å². The zero-order chi connectivity index (χ0) is 12.7. The third kappa shape index (κ3) is 4.55. The van der Waals surface area contributed by atoms with E-state index in [4.69, 9.17) is 9.84 Å². The van der Waals surface area contributed by atoms with Gasteiger partial charge in [-0.15, -0.1) is 0 Å². The zero-order valence-corrected chi connectivity index (χ0v) is 9.51. The van der Waals surface area contributed by atoms with Crippen LogP contribution in [0.5, 0.6) is 5.75 Å². The second kappa shape index (κ2) is 6.52. The second-order valence-corrected chi connectivity index (χ2v) is 3.36. The molecule has 92 valence electrons. The fraction of sp³-hybridized carbons (Fsp3) is 0.333. The first kappa shape index (κ1) is 13.0. The summed E-state index contributed by atoms with van der Waals surface area (Å²) in [7, 11) is 1.32. The van der Waals surface area contributed by atoms with Crippen molar-refractivity contribution in [1.29, 1.82) is 0 Å². The molecule has 0 bridgehead atoms. The molecule has 1 aromatic rings. The number of carboxylic acid groups (broad SMARTS) is 1. The number of methoxy groups -OCH3 is 1. The highest BCUT2D eigenvalue weighted by Crippen LogP contribution is 2.13. The Morgan fingerprint density at radius 2 is 1.88 bits per heavy atom. The number of aliphatic carboxylic acids is 1. The van der Waals surface area contributed by atoms with Crippen LogP contribution in [0.15, 0.2) is 24.3 Å². The molecule has 0 spiro atoms. The highest BCUT2D eigenvalue weighted by atomic mass is 16.5. The van der Waals surface area contributed by atoms with E-state index in [9.17, 15) is 9.59 Å². The molecule has 0 unspecified atom stereocenters. The Kier molecular flexibility index (Phi) is 5.00. The van der Waals surface area contributed by atoms with Crippen LogP contribution in [0.25, 0.3) is 0 Å². The molecule has 0 saturated heterocycles. The van der Waals surface area contributed by atoms with Gasteiger partial charge in [0.2, 0.25) is 0 Å². The molecule has 0 radical (unpaired) electrons. The van der Waals surface area contributed by atoms with Gasteiger partial charge in [-0.1, -0.05) is 0 Å². The largest absolute Gasteiger partial charge is 0.494 e. The molecule has 1 aromatic carbocycles. The number of carbonyl (C=O) groups is 2. The standard InChI is InChI=1S/C12H14O5/c1-16-12(15)9-4-6-10(7-5-9)17-8-2-3-11(13)14/h4-7H,2-3,8H2,1H3,(H,13,14). The minimum atomic E-state index is -0.838. The van der Waals surface area contributed by atoms with Gasteiger partial charge in [0.1, 0.15) is 5.75 Å². The third-order valence-corrected chi connectivity index (χ3v) is 2.08. The quantitative estimate of drug-likeness (QED) is 0.603. The SMILES string of the molecule is COC(=O)c1ccc(OCCCC(=O)O)cc1. The van der Waals surface area contributed by atoms with Crippen molar-refractivity contribution in [1.82, 2.24) is 0 Å².